The van der Waals surface area contributed by atoms with Crippen LogP contribution in [0.3, 0.4) is 0 Å². The molecule has 0 aliphatic heterocycles. The van der Waals surface area contributed by atoms with Crippen LogP contribution in [0.2, 0.25) is 5.02 Å². The van der Waals surface area contributed by atoms with Crippen LogP contribution in [0.25, 0.3) is 11.3 Å². The van der Waals surface area contributed by atoms with Crippen LogP contribution in [0.1, 0.15) is 34.6 Å². The molecule has 138 valence electrons. The van der Waals surface area contributed by atoms with Crippen molar-refractivity contribution in [3.8, 4) is 11.3 Å². The Hall–Kier alpha value is -3.12. The standard InChI is InChI=1S/C20H17ClN2O4/c1-12(22-16(24)11-13-5-3-2-4-6-13)19-17(20(25)26)18(23-27-19)14-7-9-15(21)10-8-14/h2-10,12H,11H2,1H3,(H,22,24)(H,25,26)/t12-/m1/s1. The van der Waals surface area contributed by atoms with Gasteiger partial charge in [0, 0.05) is 10.6 Å². The summed E-state index contributed by atoms with van der Waals surface area (Å²) < 4.78 is 5.28. The van der Waals surface area contributed by atoms with Gasteiger partial charge in [0.2, 0.25) is 5.91 Å². The quantitative estimate of drug-likeness (QED) is 0.667. The summed E-state index contributed by atoms with van der Waals surface area (Å²) in [7, 11) is 0. The number of amides is 1. The second kappa shape index (κ2) is 8.05. The van der Waals surface area contributed by atoms with Crippen molar-refractivity contribution in [2.45, 2.75) is 19.4 Å². The van der Waals surface area contributed by atoms with Gasteiger partial charge in [-0.15, -0.1) is 0 Å². The first-order valence-corrected chi connectivity index (χ1v) is 8.65. The smallest absolute Gasteiger partial charge is 0.341 e. The first-order valence-electron chi connectivity index (χ1n) is 8.28. The van der Waals surface area contributed by atoms with E-state index in [1.165, 1.54) is 0 Å². The highest BCUT2D eigenvalue weighted by Gasteiger charge is 2.28. The van der Waals surface area contributed by atoms with Crippen LogP contribution >= 0.6 is 11.6 Å². The Morgan fingerprint density at radius 2 is 1.81 bits per heavy atom. The normalized spacial score (nSPS) is 11.8. The van der Waals surface area contributed by atoms with Crippen LogP contribution in [0, 0.1) is 0 Å². The lowest BCUT2D eigenvalue weighted by Crippen LogP contribution is -2.28. The summed E-state index contributed by atoms with van der Waals surface area (Å²) in [5, 5.41) is 16.8. The van der Waals surface area contributed by atoms with Crippen molar-refractivity contribution in [2.24, 2.45) is 0 Å². The van der Waals surface area contributed by atoms with E-state index in [2.05, 4.69) is 10.5 Å². The largest absolute Gasteiger partial charge is 0.477 e. The van der Waals surface area contributed by atoms with Gasteiger partial charge < -0.3 is 14.9 Å². The molecule has 0 unspecified atom stereocenters. The molecule has 1 aromatic heterocycles. The molecule has 0 aliphatic rings. The molecule has 3 rings (SSSR count). The fourth-order valence-electron chi connectivity index (χ4n) is 2.75. The molecule has 1 amide bonds. The molecule has 0 saturated heterocycles. The third-order valence-electron chi connectivity index (χ3n) is 4.03. The Kier molecular flexibility index (Phi) is 5.57. The lowest BCUT2D eigenvalue weighted by molar-refractivity contribution is -0.121. The van der Waals surface area contributed by atoms with Gasteiger partial charge in [-0.2, -0.15) is 0 Å². The first-order chi connectivity index (χ1) is 13.0. The lowest BCUT2D eigenvalue weighted by Gasteiger charge is -2.12. The number of nitrogens with one attached hydrogen (secondary N) is 1. The Morgan fingerprint density at radius 3 is 2.44 bits per heavy atom. The van der Waals surface area contributed by atoms with E-state index in [4.69, 9.17) is 16.1 Å². The predicted octanol–water partition coefficient (Wildman–Crippen LogP) is 4.11. The van der Waals surface area contributed by atoms with E-state index < -0.39 is 12.0 Å². The van der Waals surface area contributed by atoms with Gasteiger partial charge in [0.05, 0.1) is 12.5 Å². The summed E-state index contributed by atoms with van der Waals surface area (Å²) in [6.45, 7) is 1.65. The number of carbonyl (C=O) groups is 2. The van der Waals surface area contributed by atoms with E-state index in [9.17, 15) is 14.7 Å². The van der Waals surface area contributed by atoms with Gasteiger partial charge >= 0.3 is 5.97 Å². The summed E-state index contributed by atoms with van der Waals surface area (Å²) in [4.78, 5) is 24.0. The van der Waals surface area contributed by atoms with E-state index in [0.29, 0.717) is 10.6 Å². The molecule has 1 atom stereocenters. The number of carboxylic acids is 1. The molecule has 2 N–H and O–H groups in total. The number of hydrogen-bond acceptors (Lipinski definition) is 4. The fraction of sp³-hybridized carbons (Fsp3) is 0.150. The highest BCUT2D eigenvalue weighted by atomic mass is 35.5. The summed E-state index contributed by atoms with van der Waals surface area (Å²) in [6, 6.07) is 15.2. The molecule has 7 heteroatoms. The number of aromatic nitrogens is 1. The second-order valence-electron chi connectivity index (χ2n) is 6.03. The van der Waals surface area contributed by atoms with E-state index in [-0.39, 0.29) is 29.3 Å². The van der Waals surface area contributed by atoms with Crippen molar-refractivity contribution in [3.63, 3.8) is 0 Å². The number of benzene rings is 2. The van der Waals surface area contributed by atoms with Crippen molar-refractivity contribution in [3.05, 3.63) is 76.5 Å². The fourth-order valence-corrected chi connectivity index (χ4v) is 2.88. The molecule has 27 heavy (non-hydrogen) atoms. The SMILES string of the molecule is C[C@@H](NC(=O)Cc1ccccc1)c1onc(-c2ccc(Cl)cc2)c1C(=O)O. The van der Waals surface area contributed by atoms with Crippen LogP contribution in [0.5, 0.6) is 0 Å². The van der Waals surface area contributed by atoms with E-state index in [0.717, 1.165) is 5.56 Å². The zero-order chi connectivity index (χ0) is 19.4. The molecule has 1 heterocycles. The molecule has 0 saturated carbocycles. The van der Waals surface area contributed by atoms with Gasteiger partial charge in [0.1, 0.15) is 11.3 Å². The monoisotopic (exact) mass is 384 g/mol. The van der Waals surface area contributed by atoms with Crippen LogP contribution in [-0.2, 0) is 11.2 Å². The summed E-state index contributed by atoms with van der Waals surface area (Å²) >= 11 is 5.87. The lowest BCUT2D eigenvalue weighted by atomic mass is 10.0. The minimum absolute atomic E-state index is 0.0789. The van der Waals surface area contributed by atoms with Gasteiger partial charge in [-0.3, -0.25) is 4.79 Å². The number of carbonyl (C=O) groups excluding carboxylic acids is 1. The molecule has 2 aromatic carbocycles. The molecular formula is C20H17ClN2O4. The van der Waals surface area contributed by atoms with Crippen LogP contribution in [0.15, 0.2) is 59.1 Å². The number of aromatic carboxylic acids is 1. The number of hydrogen-bond donors (Lipinski definition) is 2. The van der Waals surface area contributed by atoms with Crippen LogP contribution < -0.4 is 5.32 Å². The minimum Gasteiger partial charge on any atom is -0.477 e. The molecule has 0 bridgehead atoms. The highest BCUT2D eigenvalue weighted by Crippen LogP contribution is 2.30. The highest BCUT2D eigenvalue weighted by molar-refractivity contribution is 6.30. The van der Waals surface area contributed by atoms with Crippen molar-refractivity contribution >= 4 is 23.5 Å². The second-order valence-corrected chi connectivity index (χ2v) is 6.47. The Morgan fingerprint density at radius 1 is 1.15 bits per heavy atom. The first kappa shape index (κ1) is 18.7. The van der Waals surface area contributed by atoms with Crippen molar-refractivity contribution in [1.29, 1.82) is 0 Å². The summed E-state index contributed by atoms with van der Waals surface area (Å²) in [5.41, 5.74) is 1.54. The Balaban J connectivity index is 1.82. The third kappa shape index (κ3) is 4.35. The molecule has 0 radical (unpaired) electrons. The average molecular weight is 385 g/mol. The van der Waals surface area contributed by atoms with E-state index in [1.54, 1.807) is 31.2 Å². The van der Waals surface area contributed by atoms with Crippen molar-refractivity contribution in [1.82, 2.24) is 10.5 Å². The van der Waals surface area contributed by atoms with Gasteiger partial charge in [0.25, 0.3) is 0 Å². The molecule has 0 fully saturated rings. The molecule has 3 aromatic rings. The molecule has 0 aliphatic carbocycles. The minimum atomic E-state index is -1.18. The maximum atomic E-state index is 12.3. The summed E-state index contributed by atoms with van der Waals surface area (Å²) in [5.74, 6) is -1.33. The van der Waals surface area contributed by atoms with E-state index >= 15 is 0 Å². The van der Waals surface area contributed by atoms with Gasteiger partial charge in [-0.1, -0.05) is 59.2 Å². The molecule has 6 nitrogen and oxygen atoms in total. The zero-order valence-electron chi connectivity index (χ0n) is 14.5. The van der Waals surface area contributed by atoms with Crippen LogP contribution in [0.4, 0.5) is 0 Å². The molecular weight excluding hydrogens is 368 g/mol. The maximum Gasteiger partial charge on any atom is 0.341 e. The van der Waals surface area contributed by atoms with Crippen LogP contribution in [-0.4, -0.2) is 22.1 Å². The Labute approximate surface area is 160 Å². The van der Waals surface area contributed by atoms with Gasteiger partial charge in [0.15, 0.2) is 5.76 Å². The number of halogens is 1. The van der Waals surface area contributed by atoms with Crippen molar-refractivity contribution in [2.75, 3.05) is 0 Å². The predicted molar refractivity (Wildman–Crippen MR) is 101 cm³/mol. The number of nitrogens with zero attached hydrogens (tertiary/aromatic N) is 1. The number of rotatable bonds is 6. The topological polar surface area (TPSA) is 92.4 Å². The van der Waals surface area contributed by atoms with E-state index in [1.807, 2.05) is 30.3 Å². The third-order valence-corrected chi connectivity index (χ3v) is 4.28. The Bertz CT molecular complexity index is 952. The zero-order valence-corrected chi connectivity index (χ0v) is 15.2. The average Bonchev–Trinajstić information content (AvgIpc) is 3.08. The van der Waals surface area contributed by atoms with Gasteiger partial charge in [-0.05, 0) is 24.6 Å². The maximum absolute atomic E-state index is 12.3. The molecule has 0 spiro atoms. The van der Waals surface area contributed by atoms with Gasteiger partial charge in [-0.25, -0.2) is 4.79 Å². The van der Waals surface area contributed by atoms with Crippen molar-refractivity contribution < 1.29 is 19.2 Å². The summed E-state index contributed by atoms with van der Waals surface area (Å²) in [6.07, 6.45) is 0.186. The number of carboxylic acid groups (broad SMARTS) is 1.